The van der Waals surface area contributed by atoms with Gasteiger partial charge in [0.15, 0.2) is 11.5 Å². The number of carbonyl (C=O) groups excluding carboxylic acids is 1. The van der Waals surface area contributed by atoms with Gasteiger partial charge >= 0.3 is 0 Å². The first-order valence-corrected chi connectivity index (χ1v) is 7.86. The predicted octanol–water partition coefficient (Wildman–Crippen LogP) is 2.26. The molecule has 0 saturated carbocycles. The Morgan fingerprint density at radius 1 is 1.09 bits per heavy atom. The number of piperidine rings is 1. The zero-order valence-electron chi connectivity index (χ0n) is 12.4. The van der Waals surface area contributed by atoms with Gasteiger partial charge in [0.2, 0.25) is 0 Å². The Bertz CT molecular complexity index is 660. The van der Waals surface area contributed by atoms with Crippen molar-refractivity contribution in [3.05, 3.63) is 42.3 Å². The zero-order valence-corrected chi connectivity index (χ0v) is 12.4. The van der Waals surface area contributed by atoms with E-state index < -0.39 is 0 Å². The first-order valence-electron chi connectivity index (χ1n) is 7.86. The van der Waals surface area contributed by atoms with Crippen LogP contribution in [-0.2, 0) is 0 Å². The molecule has 5 heteroatoms. The Kier molecular flexibility index (Phi) is 3.42. The predicted molar refractivity (Wildman–Crippen MR) is 82.4 cm³/mol. The number of rotatable bonds is 2. The van der Waals surface area contributed by atoms with Gasteiger partial charge in [-0.3, -0.25) is 9.78 Å². The van der Waals surface area contributed by atoms with Crippen LogP contribution in [0.15, 0.2) is 40.9 Å². The number of aromatic nitrogens is 1. The minimum absolute atomic E-state index is 0.0101. The number of furan rings is 1. The van der Waals surface area contributed by atoms with E-state index in [1.165, 1.54) is 0 Å². The van der Waals surface area contributed by atoms with Gasteiger partial charge in [-0.05, 0) is 37.1 Å². The summed E-state index contributed by atoms with van der Waals surface area (Å²) in [5, 5.41) is 0. The number of nitrogens with zero attached hydrogens (tertiary/aromatic N) is 3. The molecule has 3 aliphatic rings. The van der Waals surface area contributed by atoms with Gasteiger partial charge in [-0.25, -0.2) is 0 Å². The van der Waals surface area contributed by atoms with Crippen LogP contribution in [0.4, 0.5) is 0 Å². The molecule has 0 aromatic carbocycles. The van der Waals surface area contributed by atoms with E-state index in [0.29, 0.717) is 17.6 Å². The fraction of sp³-hybridized carbons (Fsp3) is 0.412. The standard InChI is InChI=1S/C17H19N3O2/c21-17(20-12-11-19-9-6-13(20)7-10-19)16-5-4-15(22-16)14-3-1-2-8-18-14/h1-5,8,13H,6-7,9-12H2. The molecule has 3 saturated heterocycles. The third kappa shape index (κ3) is 2.41. The van der Waals surface area contributed by atoms with Crippen LogP contribution in [0.25, 0.3) is 11.5 Å². The molecule has 0 N–H and O–H groups in total. The minimum Gasteiger partial charge on any atom is -0.449 e. The molecular formula is C17H19N3O2. The highest BCUT2D eigenvalue weighted by Gasteiger charge is 2.33. The third-order valence-electron chi connectivity index (χ3n) is 4.65. The van der Waals surface area contributed by atoms with E-state index in [2.05, 4.69) is 9.88 Å². The van der Waals surface area contributed by atoms with Crippen molar-refractivity contribution < 1.29 is 9.21 Å². The first-order chi connectivity index (χ1) is 10.8. The maximum atomic E-state index is 12.8. The Hall–Kier alpha value is -2.14. The van der Waals surface area contributed by atoms with Gasteiger partial charge in [-0.15, -0.1) is 0 Å². The van der Waals surface area contributed by atoms with E-state index in [1.54, 1.807) is 12.3 Å². The summed E-state index contributed by atoms with van der Waals surface area (Å²) in [5.41, 5.74) is 0.754. The molecule has 5 rings (SSSR count). The number of fused-ring (bicyclic) bond motifs is 4. The summed E-state index contributed by atoms with van der Waals surface area (Å²) in [5.74, 6) is 1.07. The van der Waals surface area contributed by atoms with E-state index in [4.69, 9.17) is 4.42 Å². The molecule has 3 fully saturated rings. The normalized spacial score (nSPS) is 24.3. The summed E-state index contributed by atoms with van der Waals surface area (Å²) >= 11 is 0. The fourth-order valence-electron chi connectivity index (χ4n) is 3.39. The number of amides is 1. The van der Waals surface area contributed by atoms with Crippen LogP contribution in [-0.4, -0.2) is 52.9 Å². The van der Waals surface area contributed by atoms with Crippen molar-refractivity contribution >= 4 is 5.91 Å². The van der Waals surface area contributed by atoms with Crippen molar-refractivity contribution in [3.63, 3.8) is 0 Å². The van der Waals surface area contributed by atoms with Crippen molar-refractivity contribution in [2.24, 2.45) is 0 Å². The third-order valence-corrected chi connectivity index (χ3v) is 4.65. The molecule has 0 unspecified atom stereocenters. The van der Waals surface area contributed by atoms with Crippen molar-refractivity contribution in [1.82, 2.24) is 14.8 Å². The molecule has 5 nitrogen and oxygen atoms in total. The average molecular weight is 297 g/mol. The van der Waals surface area contributed by atoms with Crippen LogP contribution in [0.3, 0.4) is 0 Å². The van der Waals surface area contributed by atoms with Gasteiger partial charge in [0.05, 0.1) is 0 Å². The molecule has 3 aliphatic heterocycles. The van der Waals surface area contributed by atoms with Gasteiger partial charge in [0, 0.05) is 38.4 Å². The smallest absolute Gasteiger partial charge is 0.289 e. The second-order valence-corrected chi connectivity index (χ2v) is 5.95. The molecule has 2 aromatic rings. The van der Waals surface area contributed by atoms with Gasteiger partial charge in [-0.2, -0.15) is 0 Å². The van der Waals surface area contributed by atoms with Crippen LogP contribution in [0.5, 0.6) is 0 Å². The SMILES string of the molecule is O=C(c1ccc(-c2ccccn2)o1)N1CCN2CCC1CC2. The summed E-state index contributed by atoms with van der Waals surface area (Å²) in [4.78, 5) is 21.5. The summed E-state index contributed by atoms with van der Waals surface area (Å²) < 4.78 is 5.76. The van der Waals surface area contributed by atoms with Crippen molar-refractivity contribution in [1.29, 1.82) is 0 Å². The molecule has 0 spiro atoms. The van der Waals surface area contributed by atoms with E-state index in [0.717, 1.165) is 44.7 Å². The molecule has 0 atom stereocenters. The maximum Gasteiger partial charge on any atom is 0.289 e. The molecule has 0 aliphatic carbocycles. The Balaban J connectivity index is 1.57. The lowest BCUT2D eigenvalue weighted by Gasteiger charge is -2.30. The zero-order chi connectivity index (χ0) is 14.9. The molecule has 0 radical (unpaired) electrons. The second kappa shape index (κ2) is 5.57. The van der Waals surface area contributed by atoms with Crippen LogP contribution in [0, 0.1) is 0 Å². The monoisotopic (exact) mass is 297 g/mol. The largest absolute Gasteiger partial charge is 0.449 e. The lowest BCUT2D eigenvalue weighted by molar-refractivity contribution is 0.0653. The van der Waals surface area contributed by atoms with Gasteiger partial charge in [0.1, 0.15) is 5.69 Å². The summed E-state index contributed by atoms with van der Waals surface area (Å²) in [7, 11) is 0. The van der Waals surface area contributed by atoms with E-state index in [-0.39, 0.29) is 5.91 Å². The average Bonchev–Trinajstić information content (AvgIpc) is 2.88. The maximum absolute atomic E-state index is 12.8. The van der Waals surface area contributed by atoms with Crippen LogP contribution < -0.4 is 0 Å². The molecule has 114 valence electrons. The summed E-state index contributed by atoms with van der Waals surface area (Å²) in [6, 6.07) is 9.61. The second-order valence-electron chi connectivity index (χ2n) is 5.95. The van der Waals surface area contributed by atoms with E-state index in [1.807, 2.05) is 29.2 Å². The first kappa shape index (κ1) is 13.5. The molecular weight excluding hydrogens is 278 g/mol. The van der Waals surface area contributed by atoms with Crippen LogP contribution >= 0.6 is 0 Å². The Morgan fingerprint density at radius 2 is 1.95 bits per heavy atom. The van der Waals surface area contributed by atoms with Gasteiger partial charge in [0.25, 0.3) is 5.91 Å². The molecule has 5 heterocycles. The lowest BCUT2D eigenvalue weighted by Crippen LogP contribution is -2.41. The van der Waals surface area contributed by atoms with Crippen LogP contribution in [0.2, 0.25) is 0 Å². The highest BCUT2D eigenvalue weighted by molar-refractivity contribution is 5.92. The fourth-order valence-corrected chi connectivity index (χ4v) is 3.39. The van der Waals surface area contributed by atoms with E-state index in [9.17, 15) is 4.79 Å². The highest BCUT2D eigenvalue weighted by atomic mass is 16.4. The Morgan fingerprint density at radius 3 is 2.73 bits per heavy atom. The summed E-state index contributed by atoms with van der Waals surface area (Å²) in [6.45, 7) is 3.97. The van der Waals surface area contributed by atoms with Crippen molar-refractivity contribution in [2.75, 3.05) is 26.2 Å². The van der Waals surface area contributed by atoms with Gasteiger partial charge < -0.3 is 14.2 Å². The number of hydrogen-bond donors (Lipinski definition) is 0. The highest BCUT2D eigenvalue weighted by Crippen LogP contribution is 2.25. The number of pyridine rings is 1. The van der Waals surface area contributed by atoms with Crippen LogP contribution in [0.1, 0.15) is 23.4 Å². The number of hydrogen-bond acceptors (Lipinski definition) is 4. The minimum atomic E-state index is 0.0101. The van der Waals surface area contributed by atoms with E-state index >= 15 is 0 Å². The quantitative estimate of drug-likeness (QED) is 0.853. The lowest BCUT2D eigenvalue weighted by atomic mass is 10.1. The molecule has 2 aromatic heterocycles. The van der Waals surface area contributed by atoms with Crippen molar-refractivity contribution in [3.8, 4) is 11.5 Å². The number of carbonyl (C=O) groups is 1. The molecule has 22 heavy (non-hydrogen) atoms. The molecule has 2 bridgehead atoms. The van der Waals surface area contributed by atoms with Crippen molar-refractivity contribution in [2.45, 2.75) is 18.9 Å². The Labute approximate surface area is 129 Å². The molecule has 1 amide bonds. The topological polar surface area (TPSA) is 49.6 Å². The summed E-state index contributed by atoms with van der Waals surface area (Å²) in [6.07, 6.45) is 3.86. The van der Waals surface area contributed by atoms with Gasteiger partial charge in [-0.1, -0.05) is 6.07 Å².